The molecule has 2 heterocycles. The molecule has 0 aromatic heterocycles. The minimum Gasteiger partial charge on any atom is -0.490 e. The quantitative estimate of drug-likeness (QED) is 0.121. The summed E-state index contributed by atoms with van der Waals surface area (Å²) in [7, 11) is -0.696. The number of sulfone groups is 1. The molecular formula is C37H47N3O8S. The average Bonchev–Trinajstić information content (AvgIpc) is 3.12. The second kappa shape index (κ2) is 17.9. The van der Waals surface area contributed by atoms with Crippen LogP contribution in [0.2, 0.25) is 0 Å². The Kier molecular flexibility index (Phi) is 13.4. The van der Waals surface area contributed by atoms with Crippen LogP contribution in [0.25, 0.3) is 0 Å². The zero-order valence-electron chi connectivity index (χ0n) is 28.5. The van der Waals surface area contributed by atoms with Crippen LogP contribution >= 0.6 is 0 Å². The number of aliphatic imine (C=N–C) groups is 1. The Morgan fingerprint density at radius 3 is 2.53 bits per heavy atom. The van der Waals surface area contributed by atoms with Crippen molar-refractivity contribution in [1.29, 1.82) is 0 Å². The zero-order valence-corrected chi connectivity index (χ0v) is 29.3. The van der Waals surface area contributed by atoms with Crippen molar-refractivity contribution in [2.45, 2.75) is 54.8 Å². The fourth-order valence-corrected chi connectivity index (χ4v) is 7.91. The molecule has 2 aliphatic heterocycles. The zero-order chi connectivity index (χ0) is 34.6. The second-order valence-corrected chi connectivity index (χ2v) is 14.4. The van der Waals surface area contributed by atoms with Gasteiger partial charge < -0.3 is 33.9 Å². The van der Waals surface area contributed by atoms with Crippen LogP contribution in [-0.4, -0.2) is 93.5 Å². The number of nitrogens with one attached hydrogen (secondary N) is 1. The molecule has 5 rings (SSSR count). The number of hydrogen-bond donors (Lipinski definition) is 1. The smallest absolute Gasteiger partial charge is 0.234 e. The Hall–Kier alpha value is -3.61. The first-order valence-electron chi connectivity index (χ1n) is 16.7. The predicted molar refractivity (Wildman–Crippen MR) is 187 cm³/mol. The van der Waals surface area contributed by atoms with Crippen molar-refractivity contribution in [3.8, 4) is 5.75 Å². The summed E-state index contributed by atoms with van der Waals surface area (Å²) in [5, 5.41) is 3.43. The molecule has 0 saturated carbocycles. The van der Waals surface area contributed by atoms with Crippen LogP contribution in [0.3, 0.4) is 0 Å². The molecular weight excluding hydrogens is 646 g/mol. The van der Waals surface area contributed by atoms with Crippen molar-refractivity contribution in [3.63, 3.8) is 0 Å². The topological polar surface area (TPSA) is 125 Å². The van der Waals surface area contributed by atoms with Crippen LogP contribution in [0.4, 0.5) is 5.69 Å². The maximum Gasteiger partial charge on any atom is 0.234 e. The van der Waals surface area contributed by atoms with Crippen LogP contribution in [-0.2, 0) is 40.2 Å². The van der Waals surface area contributed by atoms with E-state index in [0.29, 0.717) is 63.9 Å². The van der Waals surface area contributed by atoms with E-state index in [0.717, 1.165) is 35.3 Å². The Bertz CT molecular complexity index is 1650. The molecule has 11 nitrogen and oxygen atoms in total. The highest BCUT2D eigenvalue weighted by Crippen LogP contribution is 2.41. The molecule has 3 aromatic carbocycles. The molecule has 0 amide bonds. The van der Waals surface area contributed by atoms with Crippen molar-refractivity contribution in [3.05, 3.63) is 89.0 Å². The van der Waals surface area contributed by atoms with Gasteiger partial charge in [-0.15, -0.1) is 0 Å². The van der Waals surface area contributed by atoms with E-state index in [1.54, 1.807) is 50.6 Å². The largest absolute Gasteiger partial charge is 0.490 e. The summed E-state index contributed by atoms with van der Waals surface area (Å²) in [6, 6.07) is 20.4. The summed E-state index contributed by atoms with van der Waals surface area (Å²) < 4.78 is 57.9. The van der Waals surface area contributed by atoms with Gasteiger partial charge in [0.05, 0.1) is 49.6 Å². The van der Waals surface area contributed by atoms with Gasteiger partial charge in [-0.2, -0.15) is 0 Å². The summed E-state index contributed by atoms with van der Waals surface area (Å²) in [6.07, 6.45) is 2.53. The average molecular weight is 694 g/mol. The maximum atomic E-state index is 14.5. The number of aryl methyl sites for hydroxylation is 1. The number of carbonyl (C=O) groups excluding carboxylic acids is 1. The van der Waals surface area contributed by atoms with E-state index in [2.05, 4.69) is 15.2 Å². The third-order valence-electron chi connectivity index (χ3n) is 9.00. The summed E-state index contributed by atoms with van der Waals surface area (Å²) in [6.45, 7) is 6.63. The van der Waals surface area contributed by atoms with Crippen LogP contribution in [0, 0.1) is 6.92 Å². The number of anilines is 1. The van der Waals surface area contributed by atoms with Gasteiger partial charge in [0.25, 0.3) is 0 Å². The maximum absolute atomic E-state index is 14.5. The Balaban J connectivity index is 1.49. The van der Waals surface area contributed by atoms with Gasteiger partial charge in [-0.3, -0.25) is 0 Å². The predicted octanol–water partition coefficient (Wildman–Crippen LogP) is 4.73. The highest BCUT2D eigenvalue weighted by atomic mass is 32.2. The molecule has 2 aliphatic rings. The van der Waals surface area contributed by atoms with Crippen LogP contribution in [0.1, 0.15) is 46.4 Å². The van der Waals surface area contributed by atoms with Crippen molar-refractivity contribution < 1.29 is 36.9 Å². The lowest BCUT2D eigenvalue weighted by Crippen LogP contribution is -2.49. The SMILES string of the molecule is COCCCN1CCOc2ccc(C(O[C@H]3CN[C@@H](CN=C=O)C[C@@H]3c3ccc(COCCOC)cc3)S(=O)(=O)c3ccc(C)cc3)cc21. The molecule has 12 heteroatoms. The number of methoxy groups -OCH3 is 2. The van der Waals surface area contributed by atoms with E-state index >= 15 is 0 Å². The summed E-state index contributed by atoms with van der Waals surface area (Å²) in [5.41, 5.74) is 3.04. The van der Waals surface area contributed by atoms with Gasteiger partial charge in [0.1, 0.15) is 12.4 Å². The minimum atomic E-state index is -4.02. The third kappa shape index (κ3) is 9.55. The Labute approximate surface area is 289 Å². The molecule has 1 fully saturated rings. The van der Waals surface area contributed by atoms with Gasteiger partial charge in [-0.05, 0) is 60.7 Å². The Morgan fingerprint density at radius 1 is 1.02 bits per heavy atom. The molecule has 0 aliphatic carbocycles. The van der Waals surface area contributed by atoms with Gasteiger partial charge in [0, 0.05) is 45.9 Å². The fourth-order valence-electron chi connectivity index (χ4n) is 6.35. The van der Waals surface area contributed by atoms with Crippen molar-refractivity contribution in [1.82, 2.24) is 5.32 Å². The molecule has 0 bridgehead atoms. The molecule has 0 radical (unpaired) electrons. The van der Waals surface area contributed by atoms with Gasteiger partial charge in [0.2, 0.25) is 15.9 Å². The number of fused-ring (bicyclic) bond motifs is 1. The third-order valence-corrected chi connectivity index (χ3v) is 10.9. The first kappa shape index (κ1) is 36.7. The molecule has 0 spiro atoms. The summed E-state index contributed by atoms with van der Waals surface area (Å²) >= 11 is 0. The lowest BCUT2D eigenvalue weighted by atomic mass is 9.84. The van der Waals surface area contributed by atoms with Crippen molar-refractivity contribution >= 4 is 21.6 Å². The van der Waals surface area contributed by atoms with E-state index in [-0.39, 0.29) is 23.4 Å². The number of ether oxygens (including phenoxy) is 5. The number of benzene rings is 3. The highest BCUT2D eigenvalue weighted by molar-refractivity contribution is 7.91. The fraction of sp³-hybridized carbons (Fsp3) is 0.486. The van der Waals surface area contributed by atoms with Crippen LogP contribution in [0.15, 0.2) is 76.6 Å². The Morgan fingerprint density at radius 2 is 1.80 bits per heavy atom. The van der Waals surface area contributed by atoms with Gasteiger partial charge in [-0.25, -0.2) is 18.2 Å². The van der Waals surface area contributed by atoms with Crippen molar-refractivity contribution in [2.75, 3.05) is 71.7 Å². The van der Waals surface area contributed by atoms with Crippen LogP contribution < -0.4 is 15.0 Å². The molecule has 1 saturated heterocycles. The normalized spacial score (nSPS) is 19.8. The number of hydrogen-bond acceptors (Lipinski definition) is 11. The van der Waals surface area contributed by atoms with E-state index in [4.69, 9.17) is 23.7 Å². The standard InChI is InChI=1S/C37H47N3O8S/c1-27-5-12-32(13-6-27)49(42,43)37(30-11-14-35-34(21-30)40(16-18-47-35)15-4-17-44-2)48-36-24-39-31(23-38-26-41)22-33(36)29-9-7-28(8-10-29)25-46-20-19-45-3/h5-14,21,31,33,36-37,39H,4,15-20,22-25H2,1-3H3/t31-,33-,36+,37?/m1/s1. The summed E-state index contributed by atoms with van der Waals surface area (Å²) in [4.78, 5) is 17.2. The van der Waals surface area contributed by atoms with E-state index in [1.807, 2.05) is 43.3 Å². The molecule has 1 unspecified atom stereocenters. The molecule has 49 heavy (non-hydrogen) atoms. The molecule has 3 aromatic rings. The second-order valence-electron chi connectivity index (χ2n) is 12.4. The lowest BCUT2D eigenvalue weighted by molar-refractivity contribution is -0.00546. The van der Waals surface area contributed by atoms with Crippen LogP contribution in [0.5, 0.6) is 5.75 Å². The lowest BCUT2D eigenvalue weighted by Gasteiger charge is -2.39. The monoisotopic (exact) mass is 693 g/mol. The summed E-state index contributed by atoms with van der Waals surface area (Å²) in [5.74, 6) is 0.528. The van der Waals surface area contributed by atoms with E-state index in [1.165, 1.54) is 0 Å². The molecule has 1 N–H and O–H groups in total. The number of piperidine rings is 1. The van der Waals surface area contributed by atoms with Gasteiger partial charge in [0.15, 0.2) is 5.44 Å². The number of nitrogens with zero attached hydrogens (tertiary/aromatic N) is 2. The van der Waals surface area contributed by atoms with E-state index in [9.17, 15) is 13.2 Å². The first-order chi connectivity index (χ1) is 23.8. The highest BCUT2D eigenvalue weighted by Gasteiger charge is 2.39. The minimum absolute atomic E-state index is 0.0999. The first-order valence-corrected chi connectivity index (χ1v) is 18.3. The van der Waals surface area contributed by atoms with Crippen molar-refractivity contribution in [2.24, 2.45) is 4.99 Å². The number of isocyanates is 1. The van der Waals surface area contributed by atoms with Gasteiger partial charge >= 0.3 is 0 Å². The number of rotatable bonds is 17. The van der Waals surface area contributed by atoms with Gasteiger partial charge in [-0.1, -0.05) is 48.0 Å². The molecule has 264 valence electrons. The molecule has 4 atom stereocenters. The van der Waals surface area contributed by atoms with E-state index < -0.39 is 21.4 Å².